The molecule has 1 saturated carbocycles. The van der Waals surface area contributed by atoms with Gasteiger partial charge in [-0.3, -0.25) is 4.90 Å². The average molecular weight is 283 g/mol. The minimum absolute atomic E-state index is 0.141. The van der Waals surface area contributed by atoms with E-state index < -0.39 is 0 Å². The van der Waals surface area contributed by atoms with Crippen molar-refractivity contribution in [3.63, 3.8) is 0 Å². The highest BCUT2D eigenvalue weighted by Gasteiger charge is 2.36. The van der Waals surface area contributed by atoms with Crippen molar-refractivity contribution >= 4 is 0 Å². The Hall–Kier alpha value is -0.160. The number of hydrogen-bond donors (Lipinski definition) is 2. The second kappa shape index (κ2) is 6.73. The van der Waals surface area contributed by atoms with E-state index in [0.29, 0.717) is 11.5 Å². The summed E-state index contributed by atoms with van der Waals surface area (Å²) in [5, 5.41) is 13.7. The third-order valence-electron chi connectivity index (χ3n) is 4.91. The first kappa shape index (κ1) is 16.2. The SMILES string of the molecule is CCC(C)(CNC1CC1)CN1CC(O)CC1CN(C)C. The number of nitrogens with zero attached hydrogens (tertiary/aromatic N) is 2. The summed E-state index contributed by atoms with van der Waals surface area (Å²) in [6.07, 6.45) is 4.68. The third kappa shape index (κ3) is 4.69. The van der Waals surface area contributed by atoms with Gasteiger partial charge in [-0.2, -0.15) is 0 Å². The van der Waals surface area contributed by atoms with E-state index in [2.05, 4.69) is 43.1 Å². The fourth-order valence-electron chi connectivity index (χ4n) is 3.22. The zero-order valence-corrected chi connectivity index (χ0v) is 13.7. The molecule has 2 aliphatic rings. The number of likely N-dealkylation sites (tertiary alicyclic amines) is 1. The number of aliphatic hydroxyl groups is 1. The summed E-state index contributed by atoms with van der Waals surface area (Å²) >= 11 is 0. The molecule has 0 bridgehead atoms. The summed E-state index contributed by atoms with van der Waals surface area (Å²) in [5.41, 5.74) is 0.317. The Kier molecular flexibility index (Phi) is 5.46. The molecule has 20 heavy (non-hydrogen) atoms. The van der Waals surface area contributed by atoms with Crippen LogP contribution in [0.1, 0.15) is 39.5 Å². The quantitative estimate of drug-likeness (QED) is 0.701. The van der Waals surface area contributed by atoms with Crippen LogP contribution in [0.15, 0.2) is 0 Å². The molecule has 1 heterocycles. The molecule has 3 unspecified atom stereocenters. The van der Waals surface area contributed by atoms with Crippen molar-refractivity contribution in [1.29, 1.82) is 0 Å². The molecule has 0 aromatic heterocycles. The van der Waals surface area contributed by atoms with Crippen molar-refractivity contribution < 1.29 is 5.11 Å². The molecule has 2 fully saturated rings. The molecule has 4 nitrogen and oxygen atoms in total. The van der Waals surface area contributed by atoms with Crippen LogP contribution in [0.3, 0.4) is 0 Å². The fourth-order valence-corrected chi connectivity index (χ4v) is 3.22. The van der Waals surface area contributed by atoms with Gasteiger partial charge in [-0.05, 0) is 45.2 Å². The number of nitrogens with one attached hydrogen (secondary N) is 1. The molecule has 1 saturated heterocycles. The van der Waals surface area contributed by atoms with E-state index in [1.54, 1.807) is 0 Å². The first-order valence-corrected chi connectivity index (χ1v) is 8.22. The number of aliphatic hydroxyl groups excluding tert-OH is 1. The summed E-state index contributed by atoms with van der Waals surface area (Å²) in [4.78, 5) is 4.75. The Morgan fingerprint density at radius 2 is 2.05 bits per heavy atom. The monoisotopic (exact) mass is 283 g/mol. The smallest absolute Gasteiger partial charge is 0.0682 e. The number of β-amino-alcohol motifs (C(OH)–C–C–N with tert-alkyl or cyclic N) is 1. The Morgan fingerprint density at radius 3 is 2.60 bits per heavy atom. The molecule has 3 atom stereocenters. The van der Waals surface area contributed by atoms with Gasteiger partial charge in [0, 0.05) is 38.3 Å². The average Bonchev–Trinajstić information content (AvgIpc) is 3.13. The molecule has 0 amide bonds. The lowest BCUT2D eigenvalue weighted by molar-refractivity contribution is 0.118. The van der Waals surface area contributed by atoms with Gasteiger partial charge < -0.3 is 15.3 Å². The maximum atomic E-state index is 10.0. The fraction of sp³-hybridized carbons (Fsp3) is 1.00. The normalized spacial score (nSPS) is 30.9. The van der Waals surface area contributed by atoms with Crippen molar-refractivity contribution in [2.75, 3.05) is 40.3 Å². The zero-order chi connectivity index (χ0) is 14.8. The van der Waals surface area contributed by atoms with Crippen molar-refractivity contribution in [2.24, 2.45) is 5.41 Å². The van der Waals surface area contributed by atoms with Gasteiger partial charge in [0.2, 0.25) is 0 Å². The predicted octanol–water partition coefficient (Wildman–Crippen LogP) is 1.15. The Labute approximate surface area is 124 Å². The van der Waals surface area contributed by atoms with Crippen LogP contribution in [0.25, 0.3) is 0 Å². The lowest BCUT2D eigenvalue weighted by Crippen LogP contribution is -2.46. The Morgan fingerprint density at radius 1 is 1.35 bits per heavy atom. The lowest BCUT2D eigenvalue weighted by atomic mass is 9.86. The van der Waals surface area contributed by atoms with Crippen molar-refractivity contribution in [2.45, 2.75) is 57.7 Å². The van der Waals surface area contributed by atoms with Crippen LogP contribution >= 0.6 is 0 Å². The van der Waals surface area contributed by atoms with Gasteiger partial charge in [0.25, 0.3) is 0 Å². The van der Waals surface area contributed by atoms with Gasteiger partial charge in [-0.25, -0.2) is 0 Å². The molecule has 0 spiro atoms. The van der Waals surface area contributed by atoms with Gasteiger partial charge in [-0.1, -0.05) is 13.8 Å². The molecule has 2 rings (SSSR count). The van der Waals surface area contributed by atoms with Crippen molar-refractivity contribution in [3.8, 4) is 0 Å². The van der Waals surface area contributed by atoms with E-state index in [9.17, 15) is 5.11 Å². The topological polar surface area (TPSA) is 38.7 Å². The van der Waals surface area contributed by atoms with Crippen LogP contribution in [0.2, 0.25) is 0 Å². The van der Waals surface area contributed by atoms with Crippen molar-refractivity contribution in [3.05, 3.63) is 0 Å². The highest BCUT2D eigenvalue weighted by molar-refractivity contribution is 4.92. The number of rotatable bonds is 8. The minimum atomic E-state index is -0.141. The van der Waals surface area contributed by atoms with Crippen LogP contribution < -0.4 is 5.32 Å². The Balaban J connectivity index is 1.89. The van der Waals surface area contributed by atoms with Gasteiger partial charge in [0.05, 0.1) is 6.10 Å². The standard InChI is InChI=1S/C16H33N3O/c1-5-16(2,11-17-13-6-7-13)12-19-10-15(20)8-14(19)9-18(3)4/h13-15,17,20H,5-12H2,1-4H3. The zero-order valence-electron chi connectivity index (χ0n) is 13.7. The van der Waals surface area contributed by atoms with Crippen LogP contribution in [0.5, 0.6) is 0 Å². The third-order valence-corrected chi connectivity index (χ3v) is 4.91. The van der Waals surface area contributed by atoms with Gasteiger partial charge >= 0.3 is 0 Å². The van der Waals surface area contributed by atoms with Crippen molar-refractivity contribution in [1.82, 2.24) is 15.1 Å². The highest BCUT2D eigenvalue weighted by atomic mass is 16.3. The molecule has 118 valence electrons. The second-order valence-electron chi connectivity index (χ2n) is 7.55. The van der Waals surface area contributed by atoms with Crippen LogP contribution in [-0.2, 0) is 0 Å². The van der Waals surface area contributed by atoms with Gasteiger partial charge in [0.1, 0.15) is 0 Å². The largest absolute Gasteiger partial charge is 0.392 e. The van der Waals surface area contributed by atoms with E-state index in [-0.39, 0.29) is 6.10 Å². The molecule has 1 aliphatic carbocycles. The molecular formula is C16H33N3O. The summed E-state index contributed by atoms with van der Waals surface area (Å²) in [6.45, 7) is 8.78. The van der Waals surface area contributed by atoms with E-state index in [0.717, 1.165) is 38.6 Å². The van der Waals surface area contributed by atoms with Crippen LogP contribution in [-0.4, -0.2) is 73.4 Å². The molecule has 0 radical (unpaired) electrons. The van der Waals surface area contributed by atoms with Crippen LogP contribution in [0.4, 0.5) is 0 Å². The second-order valence-corrected chi connectivity index (χ2v) is 7.55. The van der Waals surface area contributed by atoms with Gasteiger partial charge in [0.15, 0.2) is 0 Å². The molecular weight excluding hydrogens is 250 g/mol. The summed E-state index contributed by atoms with van der Waals surface area (Å²) in [6, 6.07) is 1.29. The maximum Gasteiger partial charge on any atom is 0.0682 e. The van der Waals surface area contributed by atoms with Crippen LogP contribution in [0, 0.1) is 5.41 Å². The number of likely N-dealkylation sites (N-methyl/N-ethyl adjacent to an activating group) is 1. The van der Waals surface area contributed by atoms with E-state index in [1.807, 2.05) is 0 Å². The first-order chi connectivity index (χ1) is 9.42. The maximum absolute atomic E-state index is 10.0. The Bertz CT molecular complexity index is 306. The minimum Gasteiger partial charge on any atom is -0.392 e. The number of hydrogen-bond acceptors (Lipinski definition) is 4. The molecule has 2 N–H and O–H groups in total. The predicted molar refractivity (Wildman–Crippen MR) is 84.0 cm³/mol. The molecule has 0 aromatic carbocycles. The summed E-state index contributed by atoms with van der Waals surface area (Å²) in [5.74, 6) is 0. The summed E-state index contributed by atoms with van der Waals surface area (Å²) in [7, 11) is 4.24. The van der Waals surface area contributed by atoms with Gasteiger partial charge in [-0.15, -0.1) is 0 Å². The first-order valence-electron chi connectivity index (χ1n) is 8.22. The highest BCUT2D eigenvalue weighted by Crippen LogP contribution is 2.29. The van der Waals surface area contributed by atoms with E-state index >= 15 is 0 Å². The molecule has 0 aromatic rings. The lowest BCUT2D eigenvalue weighted by Gasteiger charge is -2.36. The van der Waals surface area contributed by atoms with E-state index in [1.165, 1.54) is 19.3 Å². The van der Waals surface area contributed by atoms with E-state index in [4.69, 9.17) is 0 Å². The molecule has 4 heteroatoms. The molecule has 1 aliphatic heterocycles. The summed E-state index contributed by atoms with van der Waals surface area (Å²) < 4.78 is 0.